The van der Waals surface area contributed by atoms with E-state index in [4.69, 9.17) is 10.5 Å². The van der Waals surface area contributed by atoms with Gasteiger partial charge >= 0.3 is 0 Å². The molecule has 4 rings (SSSR count). The molecule has 1 atom stereocenters. The number of ether oxygens (including phenoxy) is 1. The number of benzene rings is 2. The summed E-state index contributed by atoms with van der Waals surface area (Å²) in [4.78, 5) is 12.3. The second-order valence-electron chi connectivity index (χ2n) is 6.85. The molecule has 1 fully saturated rings. The molecule has 0 saturated carbocycles. The van der Waals surface area contributed by atoms with Crippen molar-refractivity contribution in [1.29, 1.82) is 0 Å². The highest BCUT2D eigenvalue weighted by molar-refractivity contribution is 7.89. The SMILES string of the molecule is COc1ccc(F)cc1S(=O)(=O)N1CCC(c2c(C(N)=O)sc3ccccc23)C1. The summed E-state index contributed by atoms with van der Waals surface area (Å²) < 4.78 is 47.4. The van der Waals surface area contributed by atoms with E-state index in [0.717, 1.165) is 27.8 Å². The van der Waals surface area contributed by atoms with Crippen LogP contribution in [0.25, 0.3) is 10.1 Å². The summed E-state index contributed by atoms with van der Waals surface area (Å²) in [5.74, 6) is -1.26. The number of rotatable bonds is 5. The zero-order valence-electron chi connectivity index (χ0n) is 15.6. The summed E-state index contributed by atoms with van der Waals surface area (Å²) >= 11 is 1.32. The fourth-order valence-electron chi connectivity index (χ4n) is 3.83. The third-order valence-electron chi connectivity index (χ3n) is 5.16. The van der Waals surface area contributed by atoms with Crippen LogP contribution in [-0.4, -0.2) is 38.8 Å². The van der Waals surface area contributed by atoms with Crippen molar-refractivity contribution >= 4 is 37.4 Å². The average Bonchev–Trinajstić information content (AvgIpc) is 3.33. The summed E-state index contributed by atoms with van der Waals surface area (Å²) in [6.45, 7) is 0.443. The van der Waals surface area contributed by atoms with E-state index in [-0.39, 0.29) is 29.7 Å². The van der Waals surface area contributed by atoms with Gasteiger partial charge in [0.05, 0.1) is 12.0 Å². The maximum absolute atomic E-state index is 13.7. The number of primary amides is 1. The van der Waals surface area contributed by atoms with Gasteiger partial charge < -0.3 is 10.5 Å². The van der Waals surface area contributed by atoms with Crippen LogP contribution in [0, 0.1) is 5.82 Å². The molecule has 2 N–H and O–H groups in total. The van der Waals surface area contributed by atoms with Gasteiger partial charge in [-0.05, 0) is 41.6 Å². The van der Waals surface area contributed by atoms with Crippen molar-refractivity contribution in [2.75, 3.05) is 20.2 Å². The molecule has 0 aliphatic carbocycles. The Balaban J connectivity index is 1.72. The topological polar surface area (TPSA) is 89.7 Å². The normalized spacial score (nSPS) is 17.7. The summed E-state index contributed by atoms with van der Waals surface area (Å²) in [5.41, 5.74) is 6.39. The number of halogens is 1. The van der Waals surface area contributed by atoms with E-state index in [2.05, 4.69) is 0 Å². The maximum atomic E-state index is 13.7. The number of fused-ring (bicyclic) bond motifs is 1. The molecule has 0 spiro atoms. The molecule has 6 nitrogen and oxygen atoms in total. The van der Waals surface area contributed by atoms with Crippen molar-refractivity contribution in [3.63, 3.8) is 0 Å². The Kier molecular flexibility index (Phi) is 5.05. The number of carbonyl (C=O) groups excluding carboxylic acids is 1. The van der Waals surface area contributed by atoms with E-state index in [9.17, 15) is 17.6 Å². The Morgan fingerprint density at radius 3 is 2.76 bits per heavy atom. The Hall–Kier alpha value is -2.49. The van der Waals surface area contributed by atoms with Gasteiger partial charge in [-0.15, -0.1) is 11.3 Å². The number of hydrogen-bond donors (Lipinski definition) is 1. The smallest absolute Gasteiger partial charge is 0.259 e. The molecular formula is C20H19FN2O4S2. The van der Waals surface area contributed by atoms with Crippen molar-refractivity contribution in [2.24, 2.45) is 5.73 Å². The van der Waals surface area contributed by atoms with Crippen molar-refractivity contribution in [2.45, 2.75) is 17.2 Å². The van der Waals surface area contributed by atoms with E-state index in [1.54, 1.807) is 0 Å². The van der Waals surface area contributed by atoms with Crippen LogP contribution >= 0.6 is 11.3 Å². The lowest BCUT2D eigenvalue weighted by molar-refractivity contribution is 0.100. The van der Waals surface area contributed by atoms with Crippen LogP contribution in [0.4, 0.5) is 4.39 Å². The molecule has 0 radical (unpaired) electrons. The van der Waals surface area contributed by atoms with Crippen LogP contribution in [0.2, 0.25) is 0 Å². The second kappa shape index (κ2) is 7.40. The zero-order valence-corrected chi connectivity index (χ0v) is 17.2. The molecule has 1 aliphatic heterocycles. The van der Waals surface area contributed by atoms with Crippen LogP contribution in [0.3, 0.4) is 0 Å². The van der Waals surface area contributed by atoms with Gasteiger partial charge in [-0.1, -0.05) is 18.2 Å². The molecule has 9 heteroatoms. The van der Waals surface area contributed by atoms with Gasteiger partial charge in [0.1, 0.15) is 16.5 Å². The first-order valence-electron chi connectivity index (χ1n) is 8.98. The molecule has 1 aromatic heterocycles. The van der Waals surface area contributed by atoms with Crippen LogP contribution in [0.1, 0.15) is 27.6 Å². The standard InChI is InChI=1S/C20H19FN2O4S2/c1-27-15-7-6-13(21)10-17(15)29(25,26)23-9-8-12(11-23)18-14-4-2-3-5-16(14)28-19(18)20(22)24/h2-7,10,12H,8-9,11H2,1H3,(H2,22,24). The summed E-state index contributed by atoms with van der Waals surface area (Å²) in [6.07, 6.45) is 0.540. The summed E-state index contributed by atoms with van der Waals surface area (Å²) in [7, 11) is -2.62. The predicted octanol–water partition coefficient (Wildman–Crippen LogP) is 3.33. The van der Waals surface area contributed by atoms with Crippen LogP contribution < -0.4 is 10.5 Å². The lowest BCUT2D eigenvalue weighted by atomic mass is 9.95. The molecule has 2 heterocycles. The molecule has 29 heavy (non-hydrogen) atoms. The largest absolute Gasteiger partial charge is 0.495 e. The number of methoxy groups -OCH3 is 1. The molecular weight excluding hydrogens is 415 g/mol. The molecule has 1 unspecified atom stereocenters. The number of amides is 1. The first-order chi connectivity index (χ1) is 13.8. The summed E-state index contributed by atoms with van der Waals surface area (Å²) in [6, 6.07) is 11.0. The van der Waals surface area contributed by atoms with Gasteiger partial charge in [0.25, 0.3) is 5.91 Å². The molecule has 2 aromatic carbocycles. The van der Waals surface area contributed by atoms with E-state index >= 15 is 0 Å². The number of nitrogens with two attached hydrogens (primary N) is 1. The van der Waals surface area contributed by atoms with E-state index in [1.807, 2.05) is 24.3 Å². The number of nitrogens with zero attached hydrogens (tertiary/aromatic N) is 1. The van der Waals surface area contributed by atoms with E-state index in [1.165, 1.54) is 28.8 Å². The van der Waals surface area contributed by atoms with Gasteiger partial charge in [-0.2, -0.15) is 4.31 Å². The first kappa shape index (κ1) is 19.8. The van der Waals surface area contributed by atoms with Gasteiger partial charge in [-0.25, -0.2) is 12.8 Å². The molecule has 1 saturated heterocycles. The highest BCUT2D eigenvalue weighted by atomic mass is 32.2. The molecule has 1 aliphatic rings. The van der Waals surface area contributed by atoms with Crippen molar-refractivity contribution < 1.29 is 22.3 Å². The van der Waals surface area contributed by atoms with Crippen molar-refractivity contribution in [3.8, 4) is 5.75 Å². The minimum absolute atomic E-state index is 0.0914. The van der Waals surface area contributed by atoms with Gasteiger partial charge in [-0.3, -0.25) is 4.79 Å². The minimum Gasteiger partial charge on any atom is -0.495 e. The molecule has 1 amide bonds. The Bertz CT molecular complexity index is 1210. The van der Waals surface area contributed by atoms with Gasteiger partial charge in [0, 0.05) is 23.7 Å². The van der Waals surface area contributed by atoms with Crippen molar-refractivity contribution in [3.05, 3.63) is 58.7 Å². The van der Waals surface area contributed by atoms with Gasteiger partial charge in [0.15, 0.2) is 0 Å². The average molecular weight is 435 g/mol. The number of sulfonamides is 1. The Morgan fingerprint density at radius 1 is 1.28 bits per heavy atom. The lowest BCUT2D eigenvalue weighted by Gasteiger charge is -2.19. The summed E-state index contributed by atoms with van der Waals surface area (Å²) in [5, 5.41) is 0.916. The Labute approximate surface area is 171 Å². The maximum Gasteiger partial charge on any atom is 0.259 e. The highest BCUT2D eigenvalue weighted by Crippen LogP contribution is 2.41. The second-order valence-corrected chi connectivity index (χ2v) is 9.81. The number of carbonyl (C=O) groups is 1. The Morgan fingerprint density at radius 2 is 2.03 bits per heavy atom. The molecule has 152 valence electrons. The highest BCUT2D eigenvalue weighted by Gasteiger charge is 2.37. The monoisotopic (exact) mass is 434 g/mol. The fourth-order valence-corrected chi connectivity index (χ4v) is 6.64. The zero-order chi connectivity index (χ0) is 20.8. The molecule has 3 aromatic rings. The van der Waals surface area contributed by atoms with E-state index in [0.29, 0.717) is 11.3 Å². The van der Waals surface area contributed by atoms with Crippen LogP contribution in [0.15, 0.2) is 47.4 Å². The lowest BCUT2D eigenvalue weighted by Crippen LogP contribution is -2.29. The predicted molar refractivity (Wildman–Crippen MR) is 109 cm³/mol. The van der Waals surface area contributed by atoms with E-state index < -0.39 is 21.7 Å². The third kappa shape index (κ3) is 3.39. The third-order valence-corrected chi connectivity index (χ3v) is 8.25. The first-order valence-corrected chi connectivity index (χ1v) is 11.2. The van der Waals surface area contributed by atoms with Crippen molar-refractivity contribution in [1.82, 2.24) is 4.31 Å². The molecule has 0 bridgehead atoms. The number of hydrogen-bond acceptors (Lipinski definition) is 5. The minimum atomic E-state index is -3.96. The fraction of sp³-hybridized carbons (Fsp3) is 0.250. The quantitative estimate of drug-likeness (QED) is 0.667. The van der Waals surface area contributed by atoms with Crippen LogP contribution in [0.5, 0.6) is 5.75 Å². The van der Waals surface area contributed by atoms with Gasteiger partial charge in [0.2, 0.25) is 10.0 Å². The van der Waals surface area contributed by atoms with Crippen LogP contribution in [-0.2, 0) is 10.0 Å². The number of thiophene rings is 1.